The maximum Gasteiger partial charge on any atom is 0.278 e. The summed E-state index contributed by atoms with van der Waals surface area (Å²) in [4.78, 5) is 37.1. The van der Waals surface area contributed by atoms with E-state index in [1.54, 1.807) is 31.2 Å². The molecule has 8 heteroatoms. The summed E-state index contributed by atoms with van der Waals surface area (Å²) in [6.45, 7) is 1.55. The lowest BCUT2D eigenvalue weighted by Gasteiger charge is -2.16. The summed E-state index contributed by atoms with van der Waals surface area (Å²) in [7, 11) is 2.91. The van der Waals surface area contributed by atoms with Crippen molar-refractivity contribution in [1.82, 2.24) is 20.0 Å². The van der Waals surface area contributed by atoms with E-state index in [2.05, 4.69) is 10.4 Å². The molecular weight excluding hydrogens is 332 g/mol. The minimum Gasteiger partial charge on any atom is -0.358 e. The molecule has 2 amide bonds. The van der Waals surface area contributed by atoms with Crippen LogP contribution >= 0.6 is 11.6 Å². The maximum absolute atomic E-state index is 12.4. The summed E-state index contributed by atoms with van der Waals surface area (Å²) < 4.78 is 1.48. The van der Waals surface area contributed by atoms with Gasteiger partial charge in [0, 0.05) is 30.9 Å². The van der Waals surface area contributed by atoms with Crippen molar-refractivity contribution in [3.05, 3.63) is 57.0 Å². The van der Waals surface area contributed by atoms with Crippen molar-refractivity contribution in [3.63, 3.8) is 0 Å². The number of hydrogen-bond acceptors (Lipinski definition) is 4. The number of carbonyl (C=O) groups is 2. The van der Waals surface area contributed by atoms with Crippen LogP contribution in [0.5, 0.6) is 0 Å². The predicted molar refractivity (Wildman–Crippen MR) is 90.6 cm³/mol. The van der Waals surface area contributed by atoms with E-state index < -0.39 is 11.3 Å². The van der Waals surface area contributed by atoms with Crippen LogP contribution < -0.4 is 10.7 Å². The molecule has 0 bridgehead atoms. The van der Waals surface area contributed by atoms with Crippen LogP contribution in [0, 0.1) is 6.92 Å². The minimum atomic E-state index is -0.619. The Morgan fingerprint density at radius 1 is 1.29 bits per heavy atom. The average Bonchev–Trinajstić information content (AvgIpc) is 2.55. The molecule has 1 N–H and O–H groups in total. The van der Waals surface area contributed by atoms with Crippen LogP contribution in [0.3, 0.4) is 0 Å². The largest absolute Gasteiger partial charge is 0.358 e. The molecule has 0 spiro atoms. The first-order chi connectivity index (χ1) is 11.3. The Bertz CT molecular complexity index is 830. The fraction of sp³-hybridized carbons (Fsp3) is 0.250. The standard InChI is InChI=1S/C16H17ClN4O3/c1-10-8-13(22)15(16(24)20(3)9-14(23)18-2)19-21(10)12-6-4-11(17)5-7-12/h4-8H,9H2,1-3H3,(H,18,23). The van der Waals surface area contributed by atoms with Crippen molar-refractivity contribution in [3.8, 4) is 5.69 Å². The SMILES string of the molecule is CNC(=O)CN(C)C(=O)c1nn(-c2ccc(Cl)cc2)c(C)cc1=O. The molecule has 0 radical (unpaired) electrons. The van der Waals surface area contributed by atoms with E-state index in [1.807, 2.05) is 0 Å². The topological polar surface area (TPSA) is 84.3 Å². The fourth-order valence-corrected chi connectivity index (χ4v) is 2.21. The van der Waals surface area contributed by atoms with Gasteiger partial charge in [-0.3, -0.25) is 14.4 Å². The van der Waals surface area contributed by atoms with Crippen molar-refractivity contribution < 1.29 is 9.59 Å². The second-order valence-electron chi connectivity index (χ2n) is 5.22. The predicted octanol–water partition coefficient (Wildman–Crippen LogP) is 1.01. The lowest BCUT2D eigenvalue weighted by molar-refractivity contribution is -0.121. The summed E-state index contributed by atoms with van der Waals surface area (Å²) in [6.07, 6.45) is 0. The highest BCUT2D eigenvalue weighted by molar-refractivity contribution is 6.30. The summed E-state index contributed by atoms with van der Waals surface area (Å²) >= 11 is 5.87. The van der Waals surface area contributed by atoms with Gasteiger partial charge in [-0.2, -0.15) is 5.10 Å². The van der Waals surface area contributed by atoms with E-state index in [4.69, 9.17) is 11.6 Å². The van der Waals surface area contributed by atoms with E-state index in [0.717, 1.165) is 4.90 Å². The Morgan fingerprint density at radius 2 is 1.92 bits per heavy atom. The molecule has 2 aromatic rings. The molecule has 7 nitrogen and oxygen atoms in total. The van der Waals surface area contributed by atoms with Crippen molar-refractivity contribution in [1.29, 1.82) is 0 Å². The Labute approximate surface area is 143 Å². The zero-order chi connectivity index (χ0) is 17.9. The van der Waals surface area contributed by atoms with Gasteiger partial charge in [-0.15, -0.1) is 0 Å². The first-order valence-corrected chi connectivity index (χ1v) is 7.54. The highest BCUT2D eigenvalue weighted by Crippen LogP contribution is 2.14. The highest BCUT2D eigenvalue weighted by Gasteiger charge is 2.20. The van der Waals surface area contributed by atoms with Crippen molar-refractivity contribution in [2.45, 2.75) is 6.92 Å². The Morgan fingerprint density at radius 3 is 2.50 bits per heavy atom. The molecule has 0 aliphatic heterocycles. The molecule has 0 aliphatic rings. The third kappa shape index (κ3) is 3.80. The second kappa shape index (κ2) is 7.27. The number of amides is 2. The lowest BCUT2D eigenvalue weighted by atomic mass is 10.2. The maximum atomic E-state index is 12.4. The summed E-state index contributed by atoms with van der Waals surface area (Å²) in [5.41, 5.74) is 0.501. The third-order valence-corrected chi connectivity index (χ3v) is 3.64. The normalized spacial score (nSPS) is 10.3. The molecule has 1 aromatic heterocycles. The van der Waals surface area contributed by atoms with Crippen LogP contribution in [0.25, 0.3) is 5.69 Å². The molecule has 0 saturated carbocycles. The highest BCUT2D eigenvalue weighted by atomic mass is 35.5. The number of rotatable bonds is 4. The van der Waals surface area contributed by atoms with Gasteiger partial charge in [0.2, 0.25) is 11.3 Å². The van der Waals surface area contributed by atoms with E-state index >= 15 is 0 Å². The van der Waals surface area contributed by atoms with E-state index in [9.17, 15) is 14.4 Å². The molecule has 0 atom stereocenters. The number of aryl methyl sites for hydroxylation is 1. The van der Waals surface area contributed by atoms with Crippen LogP contribution in [0.15, 0.2) is 35.1 Å². The van der Waals surface area contributed by atoms with E-state index in [0.29, 0.717) is 16.4 Å². The van der Waals surface area contributed by atoms with Crippen LogP contribution in [0.2, 0.25) is 5.02 Å². The smallest absolute Gasteiger partial charge is 0.278 e. The molecule has 1 aromatic carbocycles. The minimum absolute atomic E-state index is 0.161. The number of halogens is 1. The number of likely N-dealkylation sites (N-methyl/N-ethyl adjacent to an activating group) is 2. The van der Waals surface area contributed by atoms with Gasteiger partial charge in [-0.1, -0.05) is 11.6 Å². The van der Waals surface area contributed by atoms with Crippen molar-refractivity contribution in [2.24, 2.45) is 0 Å². The molecule has 0 unspecified atom stereocenters. The number of benzene rings is 1. The lowest BCUT2D eigenvalue weighted by Crippen LogP contribution is -2.39. The van der Waals surface area contributed by atoms with Gasteiger partial charge in [-0.05, 0) is 31.2 Å². The second-order valence-corrected chi connectivity index (χ2v) is 5.66. The number of carbonyl (C=O) groups excluding carboxylic acids is 2. The van der Waals surface area contributed by atoms with Crippen LogP contribution in [-0.4, -0.2) is 47.1 Å². The van der Waals surface area contributed by atoms with Gasteiger partial charge in [0.05, 0.1) is 12.2 Å². The number of hydrogen-bond donors (Lipinski definition) is 1. The third-order valence-electron chi connectivity index (χ3n) is 3.39. The van der Waals surface area contributed by atoms with Crippen molar-refractivity contribution in [2.75, 3.05) is 20.6 Å². The molecule has 126 valence electrons. The quantitative estimate of drug-likeness (QED) is 0.893. The van der Waals surface area contributed by atoms with E-state index in [-0.39, 0.29) is 18.1 Å². The van der Waals surface area contributed by atoms with Gasteiger partial charge in [0.25, 0.3) is 5.91 Å². The summed E-state index contributed by atoms with van der Waals surface area (Å²) in [6, 6.07) is 8.18. The molecule has 1 heterocycles. The summed E-state index contributed by atoms with van der Waals surface area (Å²) in [5, 5.41) is 7.15. The Hall–Kier alpha value is -2.67. The van der Waals surface area contributed by atoms with Crippen molar-refractivity contribution >= 4 is 23.4 Å². The van der Waals surface area contributed by atoms with Crippen LogP contribution in [0.4, 0.5) is 0 Å². The molecule has 0 fully saturated rings. The number of nitrogens with one attached hydrogen (secondary N) is 1. The molecule has 0 saturated heterocycles. The van der Waals surface area contributed by atoms with Gasteiger partial charge in [-0.25, -0.2) is 4.68 Å². The first kappa shape index (κ1) is 17.7. The number of nitrogens with zero attached hydrogens (tertiary/aromatic N) is 3. The van der Waals surface area contributed by atoms with Crippen LogP contribution in [0.1, 0.15) is 16.2 Å². The molecular formula is C16H17ClN4O3. The molecule has 0 aliphatic carbocycles. The Balaban J connectivity index is 2.42. The van der Waals surface area contributed by atoms with Crippen LogP contribution in [-0.2, 0) is 4.79 Å². The zero-order valence-corrected chi connectivity index (χ0v) is 14.3. The zero-order valence-electron chi connectivity index (χ0n) is 13.5. The summed E-state index contributed by atoms with van der Waals surface area (Å²) in [5.74, 6) is -0.956. The average molecular weight is 349 g/mol. The Kier molecular flexibility index (Phi) is 5.35. The molecule has 24 heavy (non-hydrogen) atoms. The first-order valence-electron chi connectivity index (χ1n) is 7.16. The van der Waals surface area contributed by atoms with Gasteiger partial charge in [0.15, 0.2) is 5.69 Å². The van der Waals surface area contributed by atoms with E-state index in [1.165, 1.54) is 24.8 Å². The monoisotopic (exact) mass is 348 g/mol. The number of aromatic nitrogens is 2. The van der Waals surface area contributed by atoms with Gasteiger partial charge < -0.3 is 10.2 Å². The molecule has 2 rings (SSSR count). The van der Waals surface area contributed by atoms with Gasteiger partial charge in [0.1, 0.15) is 0 Å². The van der Waals surface area contributed by atoms with Gasteiger partial charge >= 0.3 is 0 Å². The fourth-order valence-electron chi connectivity index (χ4n) is 2.09.